The predicted molar refractivity (Wildman–Crippen MR) is 157 cm³/mol. The summed E-state index contributed by atoms with van der Waals surface area (Å²) in [5, 5.41) is 21.3. The molecule has 3 heterocycles. The Hall–Kier alpha value is -4.20. The van der Waals surface area contributed by atoms with Crippen LogP contribution in [0.5, 0.6) is 5.75 Å². The molecule has 2 aliphatic heterocycles. The number of fused-ring (bicyclic) bond motifs is 1. The minimum Gasteiger partial charge on any atom is -0.485 e. The van der Waals surface area contributed by atoms with E-state index in [9.17, 15) is 27.9 Å². The number of carboxylic acids is 1. The number of carbonyl (C=O) groups excluding carboxylic acids is 2. The Labute approximate surface area is 258 Å². The molecule has 14 heteroatoms. The molecule has 2 amide bonds. The van der Waals surface area contributed by atoms with Gasteiger partial charge in [-0.1, -0.05) is 38.1 Å². The number of nitrogens with zero attached hydrogens (tertiary/aromatic N) is 3. The number of carbonyl (C=O) groups is 3. The number of hydrogen-bond acceptors (Lipinski definition) is 8. The van der Waals surface area contributed by atoms with Crippen molar-refractivity contribution in [3.63, 3.8) is 0 Å². The van der Waals surface area contributed by atoms with Crippen LogP contribution in [0, 0.1) is 11.8 Å². The Morgan fingerprint density at radius 2 is 1.82 bits per heavy atom. The number of aliphatic hydroxyl groups excluding tert-OH is 1. The normalized spacial score (nSPS) is 25.4. The summed E-state index contributed by atoms with van der Waals surface area (Å²) < 4.78 is 37.7. The summed E-state index contributed by atoms with van der Waals surface area (Å²) >= 11 is 0. The highest BCUT2D eigenvalue weighted by Gasteiger charge is 2.54. The van der Waals surface area contributed by atoms with Crippen LogP contribution in [0.25, 0.3) is 0 Å². The molecular formula is C31H38F3N5O6. The molecule has 0 saturated heterocycles. The van der Waals surface area contributed by atoms with Gasteiger partial charge in [0.05, 0.1) is 24.0 Å². The summed E-state index contributed by atoms with van der Waals surface area (Å²) in [5.41, 5.74) is 6.66. The van der Waals surface area contributed by atoms with Gasteiger partial charge in [-0.15, -0.1) is 0 Å². The fourth-order valence-corrected chi connectivity index (χ4v) is 5.95. The van der Waals surface area contributed by atoms with Crippen LogP contribution in [0.1, 0.15) is 76.6 Å². The topological polar surface area (TPSA) is 167 Å². The molecule has 1 aromatic heterocycles. The molecule has 0 bridgehead atoms. The maximum Gasteiger partial charge on any atom is 0.490 e. The van der Waals surface area contributed by atoms with E-state index in [0.717, 1.165) is 24.0 Å². The minimum absolute atomic E-state index is 0.0864. The monoisotopic (exact) mass is 633 g/mol. The van der Waals surface area contributed by atoms with Gasteiger partial charge in [0.25, 0.3) is 0 Å². The number of ether oxygens (including phenoxy) is 1. The van der Waals surface area contributed by atoms with Crippen LogP contribution in [0.4, 0.5) is 13.2 Å². The number of amides is 2. The number of hydrogen-bond donors (Lipinski definition) is 4. The van der Waals surface area contributed by atoms with Crippen molar-refractivity contribution in [2.75, 3.05) is 0 Å². The lowest BCUT2D eigenvalue weighted by atomic mass is 9.86. The fourth-order valence-electron chi connectivity index (χ4n) is 5.95. The van der Waals surface area contributed by atoms with E-state index in [2.05, 4.69) is 10.3 Å². The zero-order chi connectivity index (χ0) is 33.3. The highest BCUT2D eigenvalue weighted by molar-refractivity contribution is 5.99. The molecule has 1 aliphatic carbocycles. The second-order valence-corrected chi connectivity index (χ2v) is 12.1. The molecule has 11 nitrogen and oxygen atoms in total. The van der Waals surface area contributed by atoms with Crippen LogP contribution < -0.4 is 15.8 Å². The van der Waals surface area contributed by atoms with E-state index >= 15 is 0 Å². The molecule has 1 aromatic carbocycles. The van der Waals surface area contributed by atoms with Gasteiger partial charge in [0.2, 0.25) is 11.8 Å². The van der Waals surface area contributed by atoms with E-state index < -0.39 is 41.5 Å². The second-order valence-electron chi connectivity index (χ2n) is 12.1. The van der Waals surface area contributed by atoms with Crippen LogP contribution in [0.15, 0.2) is 53.8 Å². The van der Waals surface area contributed by atoms with E-state index in [0.29, 0.717) is 12.2 Å². The number of alkyl halides is 3. The number of halogens is 3. The standard InChI is InChI=1S/C29H37N5O4.C2HF3O2/c1-5-29(6-2)15-22(35)34(27(30)33-29)24(17-10-9-13-31-16-17)19-14-20(19)26(37)32-23-18-11-7-8-12-21(18)38-28(3,4)25(23)36;3-2(4,5)1(6)7/h7-13,16,19-20,23-25,36H,5-6,14-15H2,1-4H3,(H2,30,33)(H,32,37);(H,6,7)/t19-,20-,23?,24?,25?;/m1./s1. The van der Waals surface area contributed by atoms with Gasteiger partial charge in [0.15, 0.2) is 5.96 Å². The van der Waals surface area contributed by atoms with Crippen LogP contribution in [-0.2, 0) is 14.4 Å². The van der Waals surface area contributed by atoms with Gasteiger partial charge in [-0.25, -0.2) is 9.79 Å². The first-order valence-corrected chi connectivity index (χ1v) is 14.7. The molecule has 0 spiro atoms. The highest BCUT2D eigenvalue weighted by Crippen LogP contribution is 2.52. The first-order chi connectivity index (χ1) is 21.0. The molecule has 5 rings (SSSR count). The molecular weight excluding hydrogens is 595 g/mol. The van der Waals surface area contributed by atoms with Crippen molar-refractivity contribution in [3.05, 3.63) is 59.9 Å². The molecule has 45 heavy (non-hydrogen) atoms. The van der Waals surface area contributed by atoms with Gasteiger partial charge >= 0.3 is 12.1 Å². The number of guanidine groups is 1. The first-order valence-electron chi connectivity index (χ1n) is 14.7. The quantitative estimate of drug-likeness (QED) is 0.356. The highest BCUT2D eigenvalue weighted by atomic mass is 19.4. The third kappa shape index (κ3) is 7.05. The Morgan fingerprint density at radius 3 is 2.38 bits per heavy atom. The summed E-state index contributed by atoms with van der Waals surface area (Å²) in [7, 11) is 0. The van der Waals surface area contributed by atoms with Gasteiger partial charge in [0.1, 0.15) is 17.5 Å². The Kier molecular flexibility index (Phi) is 9.48. The molecule has 3 aliphatic rings. The van der Waals surface area contributed by atoms with Gasteiger partial charge in [-0.2, -0.15) is 13.2 Å². The van der Waals surface area contributed by atoms with Crippen molar-refractivity contribution in [2.24, 2.45) is 22.6 Å². The van der Waals surface area contributed by atoms with Gasteiger partial charge in [-0.05, 0) is 56.7 Å². The van der Waals surface area contributed by atoms with Crippen molar-refractivity contribution in [2.45, 2.75) is 88.9 Å². The molecule has 5 atom stereocenters. The average Bonchev–Trinajstić information content (AvgIpc) is 3.78. The van der Waals surface area contributed by atoms with Crippen molar-refractivity contribution >= 4 is 23.7 Å². The second kappa shape index (κ2) is 12.7. The van der Waals surface area contributed by atoms with Gasteiger partial charge < -0.3 is 26.0 Å². The van der Waals surface area contributed by atoms with Gasteiger partial charge in [0, 0.05) is 23.9 Å². The van der Waals surface area contributed by atoms with E-state index in [-0.39, 0.29) is 36.0 Å². The third-order valence-electron chi connectivity index (χ3n) is 8.75. The van der Waals surface area contributed by atoms with Crippen LogP contribution in [0.3, 0.4) is 0 Å². The molecule has 1 saturated carbocycles. The number of pyridine rings is 1. The Morgan fingerprint density at radius 1 is 1.18 bits per heavy atom. The third-order valence-corrected chi connectivity index (χ3v) is 8.75. The van der Waals surface area contributed by atoms with E-state index in [1.807, 2.05) is 64.1 Å². The van der Waals surface area contributed by atoms with E-state index in [4.69, 9.17) is 25.4 Å². The van der Waals surface area contributed by atoms with E-state index in [1.54, 1.807) is 17.3 Å². The SMILES string of the molecule is CCC1(CC)CC(=O)N(C(c2cccnc2)[C@@H]2C[C@H]2C(=O)NC2c3ccccc3OC(C)(C)C2O)C(N)=N1.O=C(O)C(F)(F)F. The number of benzene rings is 1. The van der Waals surface area contributed by atoms with Crippen molar-refractivity contribution in [1.29, 1.82) is 0 Å². The van der Waals surface area contributed by atoms with Crippen molar-refractivity contribution < 1.29 is 42.5 Å². The summed E-state index contributed by atoms with van der Waals surface area (Å²) in [4.78, 5) is 46.6. The molecule has 3 unspecified atom stereocenters. The zero-order valence-electron chi connectivity index (χ0n) is 25.4. The van der Waals surface area contributed by atoms with Crippen LogP contribution in [-0.4, -0.2) is 67.3 Å². The maximum absolute atomic E-state index is 13.6. The Balaban J connectivity index is 0.000000591. The van der Waals surface area contributed by atoms with Crippen LogP contribution in [0.2, 0.25) is 0 Å². The largest absolute Gasteiger partial charge is 0.490 e. The fraction of sp³-hybridized carbons (Fsp3) is 0.516. The summed E-state index contributed by atoms with van der Waals surface area (Å²) in [6.07, 6.45) is -0.308. The number of carboxylic acid groups (broad SMARTS) is 1. The number of aliphatic carboxylic acids is 1. The summed E-state index contributed by atoms with van der Waals surface area (Å²) in [6.45, 7) is 7.66. The minimum atomic E-state index is -5.08. The number of aliphatic imine (C=N–C) groups is 1. The smallest absolute Gasteiger partial charge is 0.485 e. The van der Waals surface area contributed by atoms with Gasteiger partial charge in [-0.3, -0.25) is 19.5 Å². The van der Waals surface area contributed by atoms with Crippen molar-refractivity contribution in [1.82, 2.24) is 15.2 Å². The van der Waals surface area contributed by atoms with E-state index in [1.165, 1.54) is 0 Å². The summed E-state index contributed by atoms with van der Waals surface area (Å²) in [6, 6.07) is 10.1. The Bertz CT molecular complexity index is 1450. The number of aromatic nitrogens is 1. The predicted octanol–water partition coefficient (Wildman–Crippen LogP) is 3.89. The molecule has 1 fully saturated rings. The number of para-hydroxylation sites is 1. The molecule has 244 valence electrons. The molecule has 5 N–H and O–H groups in total. The first kappa shape index (κ1) is 33.7. The molecule has 2 aromatic rings. The number of nitrogens with one attached hydrogen (secondary N) is 1. The van der Waals surface area contributed by atoms with Crippen molar-refractivity contribution in [3.8, 4) is 5.75 Å². The summed E-state index contributed by atoms with van der Waals surface area (Å²) in [5.74, 6) is -2.68. The number of rotatable bonds is 7. The molecule has 0 radical (unpaired) electrons. The average molecular weight is 634 g/mol. The lowest BCUT2D eigenvalue weighted by molar-refractivity contribution is -0.192. The number of nitrogens with two attached hydrogens (primary N) is 1. The zero-order valence-corrected chi connectivity index (χ0v) is 25.4. The lowest BCUT2D eigenvalue weighted by Crippen LogP contribution is -2.54. The lowest BCUT2D eigenvalue weighted by Gasteiger charge is -2.42. The van der Waals surface area contributed by atoms with Crippen LogP contribution >= 0.6 is 0 Å². The maximum atomic E-state index is 13.6. The number of aliphatic hydroxyl groups is 1.